The number of nitrogens with one attached hydrogen (secondary N) is 1. The van der Waals surface area contributed by atoms with Gasteiger partial charge in [-0.05, 0) is 34.7 Å². The predicted molar refractivity (Wildman–Crippen MR) is 108 cm³/mol. The van der Waals surface area contributed by atoms with Crippen molar-refractivity contribution < 1.29 is 9.59 Å². The molecule has 3 rings (SSSR count). The maximum Gasteiger partial charge on any atom is 0.243 e. The number of carbonyl (C=O) groups is 2. The summed E-state index contributed by atoms with van der Waals surface area (Å²) in [5, 5.41) is 3.10. The van der Waals surface area contributed by atoms with Crippen LogP contribution in [0.3, 0.4) is 0 Å². The number of amides is 2. The molecule has 0 radical (unpaired) electrons. The minimum absolute atomic E-state index is 0.0125. The second-order valence-corrected chi connectivity index (χ2v) is 10.0. The van der Waals surface area contributed by atoms with Crippen LogP contribution in [0.2, 0.25) is 0 Å². The van der Waals surface area contributed by atoms with E-state index < -0.39 is 0 Å². The zero-order chi connectivity index (χ0) is 20.0. The first-order valence-electron chi connectivity index (χ1n) is 10.2. The fourth-order valence-electron chi connectivity index (χ4n) is 4.51. The van der Waals surface area contributed by atoms with Crippen LogP contribution in [0, 0.1) is 28.6 Å². The molecule has 1 aliphatic heterocycles. The van der Waals surface area contributed by atoms with E-state index in [9.17, 15) is 9.59 Å². The van der Waals surface area contributed by atoms with Crippen LogP contribution in [0.5, 0.6) is 0 Å². The van der Waals surface area contributed by atoms with Gasteiger partial charge in [-0.2, -0.15) is 0 Å². The highest BCUT2D eigenvalue weighted by molar-refractivity contribution is 5.90. The molecule has 1 aliphatic carbocycles. The van der Waals surface area contributed by atoms with E-state index >= 15 is 0 Å². The lowest BCUT2D eigenvalue weighted by molar-refractivity contribution is -0.145. The third kappa shape index (κ3) is 3.76. The highest BCUT2D eigenvalue weighted by Crippen LogP contribution is 2.65. The molecule has 0 spiro atoms. The Kier molecular flexibility index (Phi) is 5.13. The number of likely N-dealkylation sites (tertiary alicyclic amines) is 1. The fraction of sp³-hybridized carbons (Fsp3) is 0.652. The van der Waals surface area contributed by atoms with Crippen molar-refractivity contribution >= 4 is 11.8 Å². The summed E-state index contributed by atoms with van der Waals surface area (Å²) in [6.45, 7) is 14.0. The van der Waals surface area contributed by atoms with Crippen molar-refractivity contribution in [2.24, 2.45) is 28.6 Å². The molecule has 0 aromatic heterocycles. The average Bonchev–Trinajstić information content (AvgIpc) is 2.96. The molecule has 0 bridgehead atoms. The quantitative estimate of drug-likeness (QED) is 0.862. The summed E-state index contributed by atoms with van der Waals surface area (Å²) >= 11 is 0. The van der Waals surface area contributed by atoms with Crippen LogP contribution in [-0.4, -0.2) is 35.8 Å². The van der Waals surface area contributed by atoms with Gasteiger partial charge in [-0.25, -0.2) is 0 Å². The molecular formula is C23H34N2O2. The van der Waals surface area contributed by atoms with E-state index in [1.54, 1.807) is 0 Å². The predicted octanol–water partition coefficient (Wildman–Crippen LogP) is 3.51. The molecule has 1 N–H and O–H groups in total. The van der Waals surface area contributed by atoms with E-state index in [0.717, 1.165) is 6.42 Å². The largest absolute Gasteiger partial charge is 0.354 e. The van der Waals surface area contributed by atoms with Gasteiger partial charge < -0.3 is 10.2 Å². The zero-order valence-electron chi connectivity index (χ0n) is 17.6. The third-order valence-electron chi connectivity index (χ3n) is 6.99. The van der Waals surface area contributed by atoms with Gasteiger partial charge in [0.2, 0.25) is 11.8 Å². The van der Waals surface area contributed by atoms with Crippen LogP contribution in [0.4, 0.5) is 0 Å². The molecule has 0 unspecified atom stereocenters. The Hall–Kier alpha value is -1.84. The van der Waals surface area contributed by atoms with Crippen molar-refractivity contribution in [3.8, 4) is 0 Å². The molecule has 148 valence electrons. The number of piperidine rings is 1. The lowest BCUT2D eigenvalue weighted by atomic mass is 9.81. The Morgan fingerprint density at radius 3 is 2.44 bits per heavy atom. The average molecular weight is 371 g/mol. The minimum atomic E-state index is -0.321. The molecule has 1 saturated heterocycles. The number of fused-ring (bicyclic) bond motifs is 1. The standard InChI is InChI=1S/C23H34N2O2/c1-15(22(2,3)4)21(27)25-14-17-18(23(17,5)6)19(25)20(26)24-13-12-16-10-8-7-9-11-16/h7-11,15,17-19H,12-14H2,1-6H3,(H,24,26)/t15-,17+,18+,19+/m1/s1. The van der Waals surface area contributed by atoms with E-state index in [2.05, 4.69) is 52.1 Å². The van der Waals surface area contributed by atoms with Crippen molar-refractivity contribution in [2.45, 2.75) is 54.0 Å². The van der Waals surface area contributed by atoms with E-state index in [4.69, 9.17) is 0 Å². The van der Waals surface area contributed by atoms with Gasteiger partial charge in [0.05, 0.1) is 0 Å². The van der Waals surface area contributed by atoms with E-state index in [1.165, 1.54) is 5.56 Å². The Balaban J connectivity index is 1.67. The number of rotatable bonds is 5. The molecular weight excluding hydrogens is 336 g/mol. The van der Waals surface area contributed by atoms with Crippen LogP contribution >= 0.6 is 0 Å². The number of benzene rings is 1. The van der Waals surface area contributed by atoms with Gasteiger partial charge in [-0.15, -0.1) is 0 Å². The number of nitrogens with zero attached hydrogens (tertiary/aromatic N) is 1. The number of carbonyl (C=O) groups excluding carboxylic acids is 2. The van der Waals surface area contributed by atoms with Gasteiger partial charge in [0, 0.05) is 19.0 Å². The highest BCUT2D eigenvalue weighted by Gasteiger charge is 2.69. The minimum Gasteiger partial charge on any atom is -0.354 e. The molecule has 4 heteroatoms. The monoisotopic (exact) mass is 370 g/mol. The lowest BCUT2D eigenvalue weighted by Crippen LogP contribution is -2.52. The zero-order valence-corrected chi connectivity index (χ0v) is 17.6. The topological polar surface area (TPSA) is 49.4 Å². The van der Waals surface area contributed by atoms with Gasteiger partial charge in [0.1, 0.15) is 6.04 Å². The maximum atomic E-state index is 13.1. The molecule has 1 aromatic carbocycles. The summed E-state index contributed by atoms with van der Waals surface area (Å²) in [7, 11) is 0. The Morgan fingerprint density at radius 1 is 1.22 bits per heavy atom. The van der Waals surface area contributed by atoms with Crippen molar-refractivity contribution in [1.29, 1.82) is 0 Å². The van der Waals surface area contributed by atoms with E-state index in [0.29, 0.717) is 19.0 Å². The lowest BCUT2D eigenvalue weighted by Gasteiger charge is -2.35. The summed E-state index contributed by atoms with van der Waals surface area (Å²) in [5.41, 5.74) is 1.26. The Bertz CT molecular complexity index is 705. The van der Waals surface area contributed by atoms with E-state index in [1.807, 2.05) is 30.0 Å². The van der Waals surface area contributed by atoms with Crippen LogP contribution in [0.15, 0.2) is 30.3 Å². The fourth-order valence-corrected chi connectivity index (χ4v) is 4.51. The van der Waals surface area contributed by atoms with Crippen molar-refractivity contribution in [2.75, 3.05) is 13.1 Å². The van der Waals surface area contributed by atoms with Gasteiger partial charge in [0.15, 0.2) is 0 Å². The normalized spacial score (nSPS) is 27.0. The SMILES string of the molecule is C[C@H](C(=O)N1C[C@H]2[C@@H]([C@H]1C(=O)NCCc1ccccc1)C2(C)C)C(C)(C)C. The van der Waals surface area contributed by atoms with Gasteiger partial charge >= 0.3 is 0 Å². The second kappa shape index (κ2) is 6.96. The van der Waals surface area contributed by atoms with Crippen molar-refractivity contribution in [3.63, 3.8) is 0 Å². The van der Waals surface area contributed by atoms with E-state index in [-0.39, 0.29) is 40.5 Å². The van der Waals surface area contributed by atoms with Crippen molar-refractivity contribution in [3.05, 3.63) is 35.9 Å². The Labute approximate surface area is 163 Å². The maximum absolute atomic E-state index is 13.1. The molecule has 27 heavy (non-hydrogen) atoms. The highest BCUT2D eigenvalue weighted by atomic mass is 16.2. The summed E-state index contributed by atoms with van der Waals surface area (Å²) in [4.78, 5) is 28.0. The first kappa shape index (κ1) is 19.9. The smallest absolute Gasteiger partial charge is 0.243 e. The second-order valence-electron chi connectivity index (χ2n) is 10.0. The van der Waals surface area contributed by atoms with Gasteiger partial charge in [0.25, 0.3) is 0 Å². The van der Waals surface area contributed by atoms with Crippen molar-refractivity contribution in [1.82, 2.24) is 10.2 Å². The third-order valence-corrected chi connectivity index (χ3v) is 6.99. The van der Waals surface area contributed by atoms with Crippen LogP contribution in [0.25, 0.3) is 0 Å². The molecule has 1 aromatic rings. The van der Waals surface area contributed by atoms with Crippen LogP contribution in [-0.2, 0) is 16.0 Å². The molecule has 2 amide bonds. The molecule has 2 aliphatic rings. The summed E-state index contributed by atoms with van der Waals surface area (Å²) in [5.74, 6) is 0.758. The van der Waals surface area contributed by atoms with Gasteiger partial charge in [-0.3, -0.25) is 9.59 Å². The summed E-state index contributed by atoms with van der Waals surface area (Å²) < 4.78 is 0. The van der Waals surface area contributed by atoms with Crippen LogP contribution < -0.4 is 5.32 Å². The first-order chi connectivity index (χ1) is 12.5. The number of hydrogen-bond donors (Lipinski definition) is 1. The Morgan fingerprint density at radius 2 is 1.85 bits per heavy atom. The molecule has 2 fully saturated rings. The van der Waals surface area contributed by atoms with Crippen LogP contribution in [0.1, 0.15) is 47.1 Å². The summed E-state index contributed by atoms with van der Waals surface area (Å²) in [6, 6.07) is 9.85. The molecule has 4 nitrogen and oxygen atoms in total. The molecule has 1 saturated carbocycles. The molecule has 1 heterocycles. The number of hydrogen-bond acceptors (Lipinski definition) is 2. The van der Waals surface area contributed by atoms with Gasteiger partial charge in [-0.1, -0.05) is 71.9 Å². The molecule has 4 atom stereocenters. The first-order valence-corrected chi connectivity index (χ1v) is 10.2. The summed E-state index contributed by atoms with van der Waals surface area (Å²) in [6.07, 6.45) is 0.809.